The number of nitrogens with zero attached hydrogens (tertiary/aromatic N) is 4. The standard InChI is InChI=1S/C30H22BrFN4/c1-19-7-16-26-25(17-19)29(22-5-3-2-4-6-22)34-30(33-26)36-28(21-10-14-24(32)15-11-21)18-27(35-36)20-8-12-23(31)13-9-20/h2-17,28H,18H2,1H3/t28-/m0/s1. The molecule has 0 spiro atoms. The summed E-state index contributed by atoms with van der Waals surface area (Å²) in [5.74, 6) is 0.257. The van der Waals surface area contributed by atoms with Crippen molar-refractivity contribution in [2.24, 2.45) is 5.10 Å². The van der Waals surface area contributed by atoms with Crippen molar-refractivity contribution in [3.63, 3.8) is 0 Å². The van der Waals surface area contributed by atoms with E-state index in [0.717, 1.165) is 49.0 Å². The highest BCUT2D eigenvalue weighted by Gasteiger charge is 2.32. The fourth-order valence-electron chi connectivity index (χ4n) is 4.60. The van der Waals surface area contributed by atoms with Gasteiger partial charge in [-0.05, 0) is 54.4 Å². The van der Waals surface area contributed by atoms with Crippen LogP contribution >= 0.6 is 15.9 Å². The molecule has 0 saturated heterocycles. The second-order valence-corrected chi connectivity index (χ2v) is 9.84. The minimum Gasteiger partial charge on any atom is -0.223 e. The predicted molar refractivity (Wildman–Crippen MR) is 147 cm³/mol. The van der Waals surface area contributed by atoms with Gasteiger partial charge in [0, 0.05) is 21.8 Å². The van der Waals surface area contributed by atoms with E-state index in [1.165, 1.54) is 12.1 Å². The highest BCUT2D eigenvalue weighted by Crippen LogP contribution is 2.38. The fraction of sp³-hybridized carbons (Fsp3) is 0.100. The van der Waals surface area contributed by atoms with Crippen LogP contribution in [0.25, 0.3) is 22.2 Å². The van der Waals surface area contributed by atoms with E-state index in [-0.39, 0.29) is 11.9 Å². The third-order valence-electron chi connectivity index (χ3n) is 6.43. The highest BCUT2D eigenvalue weighted by molar-refractivity contribution is 9.10. The van der Waals surface area contributed by atoms with Gasteiger partial charge in [-0.3, -0.25) is 0 Å². The molecule has 0 N–H and O–H groups in total. The molecule has 6 heteroatoms. The average Bonchev–Trinajstić information content (AvgIpc) is 3.35. The smallest absolute Gasteiger partial charge is 0.223 e. The van der Waals surface area contributed by atoms with Crippen molar-refractivity contribution in [1.82, 2.24) is 9.97 Å². The number of halogens is 2. The average molecular weight is 537 g/mol. The number of aryl methyl sites for hydroxylation is 1. The van der Waals surface area contributed by atoms with Crippen molar-refractivity contribution < 1.29 is 4.39 Å². The first-order valence-corrected chi connectivity index (χ1v) is 12.6. The SMILES string of the molecule is Cc1ccc2nc(N3N=C(c4ccc(Br)cc4)C[C@H]3c3ccc(F)cc3)nc(-c3ccccc3)c2c1. The molecule has 0 bridgehead atoms. The van der Waals surface area contributed by atoms with E-state index in [2.05, 4.69) is 47.1 Å². The molecule has 1 atom stereocenters. The van der Waals surface area contributed by atoms with E-state index in [0.29, 0.717) is 12.4 Å². The number of hydrogen-bond donors (Lipinski definition) is 0. The van der Waals surface area contributed by atoms with Crippen molar-refractivity contribution >= 4 is 38.5 Å². The summed E-state index contributed by atoms with van der Waals surface area (Å²) in [4.78, 5) is 10.0. The Hall–Kier alpha value is -3.90. The number of aromatic nitrogens is 2. The molecule has 4 nitrogen and oxygen atoms in total. The lowest BCUT2D eigenvalue weighted by Crippen LogP contribution is -2.21. The molecular formula is C30H22BrFN4. The molecule has 2 heterocycles. The molecule has 0 fully saturated rings. The van der Waals surface area contributed by atoms with E-state index < -0.39 is 0 Å². The van der Waals surface area contributed by atoms with Gasteiger partial charge < -0.3 is 0 Å². The van der Waals surface area contributed by atoms with Crippen LogP contribution in [0.3, 0.4) is 0 Å². The molecule has 0 unspecified atom stereocenters. The molecule has 176 valence electrons. The van der Waals surface area contributed by atoms with E-state index in [4.69, 9.17) is 15.1 Å². The van der Waals surface area contributed by atoms with Crippen molar-refractivity contribution in [1.29, 1.82) is 0 Å². The Bertz CT molecular complexity index is 1580. The van der Waals surface area contributed by atoms with Crippen LogP contribution in [-0.2, 0) is 0 Å². The Morgan fingerprint density at radius 2 is 1.58 bits per heavy atom. The summed E-state index contributed by atoms with van der Waals surface area (Å²) in [5, 5.41) is 7.90. The Balaban J connectivity index is 1.53. The lowest BCUT2D eigenvalue weighted by Gasteiger charge is -2.23. The summed E-state index contributed by atoms with van der Waals surface area (Å²) in [6.07, 6.45) is 0.656. The summed E-state index contributed by atoms with van der Waals surface area (Å²) in [7, 11) is 0. The van der Waals surface area contributed by atoms with E-state index in [1.54, 1.807) is 0 Å². The molecule has 4 aromatic carbocycles. The number of hydrazone groups is 1. The van der Waals surface area contributed by atoms with Crippen molar-refractivity contribution in [2.45, 2.75) is 19.4 Å². The van der Waals surface area contributed by atoms with Crippen LogP contribution in [-0.4, -0.2) is 15.7 Å². The van der Waals surface area contributed by atoms with Gasteiger partial charge in [0.05, 0.1) is 23.0 Å². The van der Waals surface area contributed by atoms with Crippen LogP contribution in [0.1, 0.15) is 29.2 Å². The summed E-state index contributed by atoms with van der Waals surface area (Å²) in [5.41, 5.74) is 6.82. The first-order chi connectivity index (χ1) is 17.5. The van der Waals surface area contributed by atoms with Crippen molar-refractivity contribution in [3.8, 4) is 11.3 Å². The molecule has 6 rings (SSSR count). The van der Waals surface area contributed by atoms with Crippen LogP contribution < -0.4 is 5.01 Å². The van der Waals surface area contributed by atoms with Gasteiger partial charge in [0.1, 0.15) is 5.82 Å². The normalized spacial score (nSPS) is 15.4. The monoisotopic (exact) mass is 536 g/mol. The molecule has 0 amide bonds. The first kappa shape index (κ1) is 22.6. The van der Waals surface area contributed by atoms with Crippen LogP contribution in [0.2, 0.25) is 0 Å². The number of anilines is 1. The van der Waals surface area contributed by atoms with Crippen molar-refractivity contribution in [3.05, 3.63) is 124 Å². The molecule has 0 saturated carbocycles. The molecular weight excluding hydrogens is 515 g/mol. The Labute approximate surface area is 217 Å². The van der Waals surface area contributed by atoms with E-state index >= 15 is 0 Å². The molecule has 1 aliphatic heterocycles. The maximum Gasteiger partial charge on any atom is 0.247 e. The van der Waals surface area contributed by atoms with Crippen LogP contribution in [0.5, 0.6) is 0 Å². The van der Waals surface area contributed by atoms with Crippen LogP contribution in [0, 0.1) is 12.7 Å². The molecule has 1 aromatic heterocycles. The van der Waals surface area contributed by atoms with Gasteiger partial charge in [-0.25, -0.2) is 19.4 Å². The second-order valence-electron chi connectivity index (χ2n) is 8.93. The highest BCUT2D eigenvalue weighted by atomic mass is 79.9. The van der Waals surface area contributed by atoms with Crippen LogP contribution in [0.4, 0.5) is 10.3 Å². The van der Waals surface area contributed by atoms with Gasteiger partial charge in [-0.15, -0.1) is 0 Å². The minimum atomic E-state index is -0.263. The summed E-state index contributed by atoms with van der Waals surface area (Å²) in [6, 6.07) is 30.9. The van der Waals surface area contributed by atoms with Gasteiger partial charge in [0.25, 0.3) is 0 Å². The summed E-state index contributed by atoms with van der Waals surface area (Å²) < 4.78 is 14.8. The zero-order valence-electron chi connectivity index (χ0n) is 19.6. The first-order valence-electron chi connectivity index (χ1n) is 11.8. The molecule has 0 radical (unpaired) electrons. The van der Waals surface area contributed by atoms with Gasteiger partial charge in [0.15, 0.2) is 0 Å². The number of fused-ring (bicyclic) bond motifs is 1. The van der Waals surface area contributed by atoms with Gasteiger partial charge >= 0.3 is 0 Å². The molecule has 0 aliphatic carbocycles. The quantitative estimate of drug-likeness (QED) is 0.234. The van der Waals surface area contributed by atoms with E-state index in [1.807, 2.05) is 65.7 Å². The maximum absolute atomic E-state index is 13.7. The predicted octanol–water partition coefficient (Wildman–Crippen LogP) is 7.86. The second kappa shape index (κ2) is 9.28. The third kappa shape index (κ3) is 4.29. The molecule has 1 aliphatic rings. The fourth-order valence-corrected chi connectivity index (χ4v) is 4.87. The van der Waals surface area contributed by atoms with Gasteiger partial charge in [-0.2, -0.15) is 5.10 Å². The lowest BCUT2D eigenvalue weighted by molar-refractivity contribution is 0.623. The Kier molecular flexibility index (Phi) is 5.82. The Morgan fingerprint density at radius 1 is 0.833 bits per heavy atom. The van der Waals surface area contributed by atoms with E-state index in [9.17, 15) is 4.39 Å². The van der Waals surface area contributed by atoms with Gasteiger partial charge in [0.2, 0.25) is 5.95 Å². The lowest BCUT2D eigenvalue weighted by atomic mass is 9.98. The largest absolute Gasteiger partial charge is 0.247 e. The molecule has 5 aromatic rings. The van der Waals surface area contributed by atoms with Gasteiger partial charge in [-0.1, -0.05) is 82.2 Å². The minimum absolute atomic E-state index is 0.157. The number of benzene rings is 4. The zero-order chi connectivity index (χ0) is 24.6. The van der Waals surface area contributed by atoms with Crippen LogP contribution in [0.15, 0.2) is 107 Å². The summed E-state index contributed by atoms with van der Waals surface area (Å²) >= 11 is 3.51. The van der Waals surface area contributed by atoms with Crippen molar-refractivity contribution in [2.75, 3.05) is 5.01 Å². The zero-order valence-corrected chi connectivity index (χ0v) is 21.2. The number of hydrogen-bond acceptors (Lipinski definition) is 4. The molecule has 36 heavy (non-hydrogen) atoms. The number of rotatable bonds is 4. The maximum atomic E-state index is 13.7. The Morgan fingerprint density at radius 3 is 2.33 bits per heavy atom. The summed E-state index contributed by atoms with van der Waals surface area (Å²) in [6.45, 7) is 2.07. The topological polar surface area (TPSA) is 41.4 Å². The third-order valence-corrected chi connectivity index (χ3v) is 6.96.